The zero-order valence-electron chi connectivity index (χ0n) is 13.3. The van der Waals surface area contributed by atoms with Crippen LogP contribution in [-0.2, 0) is 11.3 Å². The number of azo groups is 1. The van der Waals surface area contributed by atoms with Crippen LogP contribution in [0, 0.1) is 0 Å². The Hall–Kier alpha value is -2.25. The summed E-state index contributed by atoms with van der Waals surface area (Å²) in [5.41, 5.74) is 7.12. The van der Waals surface area contributed by atoms with Crippen molar-refractivity contribution in [1.82, 2.24) is 15.4 Å². The number of para-hydroxylation sites is 1. The van der Waals surface area contributed by atoms with Gasteiger partial charge in [0, 0.05) is 18.0 Å². The largest absolute Gasteiger partial charge is 0.493 e. The lowest BCUT2D eigenvalue weighted by Crippen LogP contribution is -2.36. The second kappa shape index (κ2) is 6.47. The molecule has 0 spiro atoms. The Kier molecular flexibility index (Phi) is 4.40. The van der Waals surface area contributed by atoms with E-state index in [2.05, 4.69) is 21.1 Å². The number of hydrogen-bond acceptors (Lipinski definition) is 5. The molecule has 1 aromatic carbocycles. The highest BCUT2D eigenvalue weighted by Crippen LogP contribution is 2.38. The molecule has 7 heteroatoms. The predicted octanol–water partition coefficient (Wildman–Crippen LogP) is 2.62. The first-order chi connectivity index (χ1) is 11.1. The number of carbonyl (C=O) groups is 1. The van der Waals surface area contributed by atoms with Crippen molar-refractivity contribution in [3.63, 3.8) is 0 Å². The third-order valence-corrected chi connectivity index (χ3v) is 4.00. The molecule has 1 fully saturated rings. The third kappa shape index (κ3) is 2.97. The van der Waals surface area contributed by atoms with Crippen LogP contribution in [-0.4, -0.2) is 27.7 Å². The lowest BCUT2D eigenvalue weighted by Gasteiger charge is -2.03. The van der Waals surface area contributed by atoms with Gasteiger partial charge in [0.25, 0.3) is 5.91 Å². The number of hydrazine groups is 1. The SMILES string of the molecule is CCCn1c(O)c(N=NC(=O)C2CC(C)NN2)c2ccccc21. The first-order valence-corrected chi connectivity index (χ1v) is 7.88. The highest BCUT2D eigenvalue weighted by Gasteiger charge is 2.26. The Labute approximate surface area is 134 Å². The number of aromatic hydroxyl groups is 1. The number of nitrogens with zero attached hydrogens (tertiary/aromatic N) is 3. The van der Waals surface area contributed by atoms with E-state index in [-0.39, 0.29) is 23.9 Å². The van der Waals surface area contributed by atoms with E-state index < -0.39 is 0 Å². The summed E-state index contributed by atoms with van der Waals surface area (Å²) in [6, 6.07) is 7.44. The molecule has 122 valence electrons. The number of hydrogen-bond donors (Lipinski definition) is 3. The van der Waals surface area contributed by atoms with E-state index >= 15 is 0 Å². The Morgan fingerprint density at radius 1 is 1.39 bits per heavy atom. The number of aryl methyl sites for hydroxylation is 1. The summed E-state index contributed by atoms with van der Waals surface area (Å²) in [5, 5.41) is 19.1. The van der Waals surface area contributed by atoms with E-state index in [0.29, 0.717) is 18.7 Å². The van der Waals surface area contributed by atoms with Crippen LogP contribution in [0.4, 0.5) is 5.69 Å². The molecule has 0 bridgehead atoms. The molecule has 7 nitrogen and oxygen atoms in total. The quantitative estimate of drug-likeness (QED) is 0.756. The van der Waals surface area contributed by atoms with E-state index in [0.717, 1.165) is 17.3 Å². The average Bonchev–Trinajstić information content (AvgIpc) is 3.09. The second-order valence-electron chi connectivity index (χ2n) is 5.86. The summed E-state index contributed by atoms with van der Waals surface area (Å²) in [6.45, 7) is 4.71. The van der Waals surface area contributed by atoms with Gasteiger partial charge in [-0.3, -0.25) is 10.2 Å². The minimum atomic E-state index is -0.375. The monoisotopic (exact) mass is 315 g/mol. The van der Waals surface area contributed by atoms with Crippen LogP contribution >= 0.6 is 0 Å². The molecular formula is C16H21N5O2. The number of benzene rings is 1. The number of fused-ring (bicyclic) bond motifs is 1. The van der Waals surface area contributed by atoms with Crippen molar-refractivity contribution >= 4 is 22.5 Å². The molecule has 0 saturated carbocycles. The van der Waals surface area contributed by atoms with Crippen molar-refractivity contribution in [2.45, 2.75) is 45.3 Å². The molecule has 1 aliphatic rings. The standard InChI is InChI=1S/C16H21N5O2/c1-3-8-21-13-7-5-4-6-11(13)14(16(21)23)19-20-15(22)12-9-10(2)17-18-12/h4-7,10,12,17-18,23H,3,8-9H2,1-2H3. The van der Waals surface area contributed by atoms with Crippen molar-refractivity contribution in [3.8, 4) is 5.88 Å². The van der Waals surface area contributed by atoms with E-state index in [1.165, 1.54) is 0 Å². The van der Waals surface area contributed by atoms with Crippen LogP contribution < -0.4 is 10.9 Å². The molecule has 2 atom stereocenters. The summed E-state index contributed by atoms with van der Waals surface area (Å²) < 4.78 is 1.80. The van der Waals surface area contributed by atoms with Gasteiger partial charge in [-0.15, -0.1) is 10.2 Å². The zero-order chi connectivity index (χ0) is 16.4. The number of carbonyl (C=O) groups excluding carboxylic acids is 1. The lowest BCUT2D eigenvalue weighted by molar-refractivity contribution is -0.120. The summed E-state index contributed by atoms with van der Waals surface area (Å²) in [4.78, 5) is 12.1. The summed E-state index contributed by atoms with van der Waals surface area (Å²) >= 11 is 0. The lowest BCUT2D eigenvalue weighted by atomic mass is 10.1. The van der Waals surface area contributed by atoms with E-state index in [4.69, 9.17) is 0 Å². The number of nitrogens with one attached hydrogen (secondary N) is 2. The van der Waals surface area contributed by atoms with Crippen molar-refractivity contribution in [2.24, 2.45) is 10.2 Å². The molecule has 1 saturated heterocycles. The number of amides is 1. The Balaban J connectivity index is 1.92. The van der Waals surface area contributed by atoms with Crippen LogP contribution in [0.15, 0.2) is 34.5 Å². The Morgan fingerprint density at radius 2 is 2.17 bits per heavy atom. The van der Waals surface area contributed by atoms with Gasteiger partial charge in [0.2, 0.25) is 5.88 Å². The fourth-order valence-electron chi connectivity index (χ4n) is 2.87. The second-order valence-corrected chi connectivity index (χ2v) is 5.86. The van der Waals surface area contributed by atoms with E-state index in [1.807, 2.05) is 38.1 Å². The normalized spacial score (nSPS) is 21.5. The first-order valence-electron chi connectivity index (χ1n) is 7.88. The molecule has 1 aromatic heterocycles. The van der Waals surface area contributed by atoms with E-state index in [9.17, 15) is 9.90 Å². The highest BCUT2D eigenvalue weighted by molar-refractivity contribution is 5.95. The van der Waals surface area contributed by atoms with Crippen LogP contribution in [0.5, 0.6) is 5.88 Å². The topological polar surface area (TPSA) is 91.0 Å². The van der Waals surface area contributed by atoms with Crippen LogP contribution in [0.2, 0.25) is 0 Å². The van der Waals surface area contributed by atoms with Gasteiger partial charge in [0.15, 0.2) is 5.69 Å². The van der Waals surface area contributed by atoms with Gasteiger partial charge in [-0.05, 0) is 25.8 Å². The van der Waals surface area contributed by atoms with Gasteiger partial charge in [-0.1, -0.05) is 25.1 Å². The van der Waals surface area contributed by atoms with Crippen molar-refractivity contribution in [2.75, 3.05) is 0 Å². The maximum atomic E-state index is 12.1. The molecule has 1 amide bonds. The fraction of sp³-hybridized carbons (Fsp3) is 0.438. The van der Waals surface area contributed by atoms with Crippen molar-refractivity contribution < 1.29 is 9.90 Å². The zero-order valence-corrected chi connectivity index (χ0v) is 13.3. The molecule has 0 aliphatic carbocycles. The molecule has 23 heavy (non-hydrogen) atoms. The number of rotatable bonds is 4. The molecule has 2 aromatic rings. The van der Waals surface area contributed by atoms with Gasteiger partial charge < -0.3 is 9.67 Å². The summed E-state index contributed by atoms with van der Waals surface area (Å²) in [6.07, 6.45) is 1.55. The Bertz CT molecular complexity index is 752. The van der Waals surface area contributed by atoms with Gasteiger partial charge in [-0.2, -0.15) is 0 Å². The number of aromatic nitrogens is 1. The predicted molar refractivity (Wildman–Crippen MR) is 87.6 cm³/mol. The summed E-state index contributed by atoms with van der Waals surface area (Å²) in [5.74, 6) is -0.288. The van der Waals surface area contributed by atoms with Gasteiger partial charge in [0.1, 0.15) is 6.04 Å². The fourth-order valence-corrected chi connectivity index (χ4v) is 2.87. The van der Waals surface area contributed by atoms with Crippen molar-refractivity contribution in [1.29, 1.82) is 0 Å². The van der Waals surface area contributed by atoms with Gasteiger partial charge in [0.05, 0.1) is 5.52 Å². The van der Waals surface area contributed by atoms with Gasteiger partial charge in [-0.25, -0.2) is 5.43 Å². The highest BCUT2D eigenvalue weighted by atomic mass is 16.3. The van der Waals surface area contributed by atoms with Crippen molar-refractivity contribution in [3.05, 3.63) is 24.3 Å². The molecule has 2 heterocycles. The minimum absolute atomic E-state index is 0.0514. The average molecular weight is 315 g/mol. The maximum Gasteiger partial charge on any atom is 0.282 e. The molecule has 1 aliphatic heterocycles. The van der Waals surface area contributed by atoms with Crippen LogP contribution in [0.3, 0.4) is 0 Å². The third-order valence-electron chi connectivity index (χ3n) is 4.00. The summed E-state index contributed by atoms with van der Waals surface area (Å²) in [7, 11) is 0. The van der Waals surface area contributed by atoms with Crippen LogP contribution in [0.1, 0.15) is 26.7 Å². The van der Waals surface area contributed by atoms with E-state index in [1.54, 1.807) is 4.57 Å². The minimum Gasteiger partial charge on any atom is -0.493 e. The van der Waals surface area contributed by atoms with Gasteiger partial charge >= 0.3 is 0 Å². The molecule has 3 rings (SSSR count). The smallest absolute Gasteiger partial charge is 0.282 e. The maximum absolute atomic E-state index is 12.1. The molecule has 0 radical (unpaired) electrons. The first kappa shape index (κ1) is 15.6. The molecular weight excluding hydrogens is 294 g/mol. The Morgan fingerprint density at radius 3 is 2.87 bits per heavy atom. The molecule has 3 N–H and O–H groups in total. The van der Waals surface area contributed by atoms with Crippen LogP contribution in [0.25, 0.3) is 10.9 Å². The molecule has 2 unspecified atom stereocenters.